The van der Waals surface area contributed by atoms with Crippen LogP contribution < -0.4 is 15.6 Å². The molecule has 0 unspecified atom stereocenters. The van der Waals surface area contributed by atoms with Gasteiger partial charge < -0.3 is 19.5 Å². The number of hydrogen-bond donors (Lipinski definition) is 1. The molecule has 3 aromatic rings. The van der Waals surface area contributed by atoms with Crippen LogP contribution in [0.15, 0.2) is 40.0 Å². The molecule has 1 aromatic carbocycles. The molecule has 12 heteroatoms. The van der Waals surface area contributed by atoms with Crippen molar-refractivity contribution in [1.82, 2.24) is 19.6 Å². The van der Waals surface area contributed by atoms with Crippen LogP contribution in [0.25, 0.3) is 0 Å². The predicted molar refractivity (Wildman–Crippen MR) is 129 cm³/mol. The summed E-state index contributed by atoms with van der Waals surface area (Å²) in [5, 5.41) is 6.81. The van der Waals surface area contributed by atoms with E-state index in [1.54, 1.807) is 31.0 Å². The topological polar surface area (TPSA) is 120 Å². The van der Waals surface area contributed by atoms with Crippen LogP contribution in [0.5, 0.6) is 5.75 Å². The number of nitrogens with zero attached hydrogens (tertiary/aromatic N) is 4. The molecular weight excluding hydrogens is 497 g/mol. The van der Waals surface area contributed by atoms with Gasteiger partial charge in [0.2, 0.25) is 5.75 Å². The van der Waals surface area contributed by atoms with E-state index in [0.29, 0.717) is 53.1 Å². The van der Waals surface area contributed by atoms with Crippen molar-refractivity contribution >= 4 is 40.7 Å². The number of ether oxygens (including phenoxy) is 1. The number of hydrogen-bond acceptors (Lipinski definition) is 7. The fraction of sp³-hybridized carbons (Fsp3) is 0.348. The Labute approximate surface area is 210 Å². The summed E-state index contributed by atoms with van der Waals surface area (Å²) < 4.78 is 11.6. The van der Waals surface area contributed by atoms with E-state index >= 15 is 0 Å². The summed E-state index contributed by atoms with van der Waals surface area (Å²) in [5.74, 6) is -0.858. The highest BCUT2D eigenvalue weighted by molar-refractivity contribution is 6.42. The molecule has 3 heterocycles. The molecule has 1 N–H and O–H groups in total. The number of carbonyl (C=O) groups excluding carboxylic acids is 2. The van der Waals surface area contributed by atoms with Gasteiger partial charge in [0.15, 0.2) is 5.69 Å². The molecule has 0 saturated carbocycles. The fourth-order valence-electron chi connectivity index (χ4n) is 4.03. The van der Waals surface area contributed by atoms with Crippen molar-refractivity contribution in [1.29, 1.82) is 0 Å². The van der Waals surface area contributed by atoms with Crippen LogP contribution >= 0.6 is 23.2 Å². The van der Waals surface area contributed by atoms with Gasteiger partial charge in [0.1, 0.15) is 17.8 Å². The Morgan fingerprint density at radius 1 is 1.29 bits per heavy atom. The highest BCUT2D eigenvalue weighted by atomic mass is 35.5. The van der Waals surface area contributed by atoms with Crippen LogP contribution in [0.1, 0.15) is 52.4 Å². The summed E-state index contributed by atoms with van der Waals surface area (Å²) >= 11 is 12.1. The SMILES string of the molecule is CCOc1c(C(=O)Nc2cnoc2)nc([C@H]2CCCN(C(=O)c3ccc(Cl)c(Cl)c3)C2)n(C)c1=O. The molecule has 10 nitrogen and oxygen atoms in total. The molecule has 1 saturated heterocycles. The molecule has 1 aliphatic heterocycles. The molecular formula is C23H23Cl2N5O5. The first-order valence-electron chi connectivity index (χ1n) is 11.0. The van der Waals surface area contributed by atoms with E-state index in [9.17, 15) is 14.4 Å². The van der Waals surface area contributed by atoms with Gasteiger partial charge in [-0.15, -0.1) is 0 Å². The summed E-state index contributed by atoms with van der Waals surface area (Å²) in [5.41, 5.74) is 0.110. The normalized spacial score (nSPS) is 15.7. The Morgan fingerprint density at radius 3 is 2.77 bits per heavy atom. The number of anilines is 1. The zero-order chi connectivity index (χ0) is 25.1. The van der Waals surface area contributed by atoms with Gasteiger partial charge >= 0.3 is 0 Å². The van der Waals surface area contributed by atoms with Gasteiger partial charge in [-0.2, -0.15) is 0 Å². The number of rotatable bonds is 6. The minimum Gasteiger partial charge on any atom is -0.486 e. The Balaban J connectivity index is 1.65. The molecule has 0 radical (unpaired) electrons. The standard InChI is InChI=1S/C23H23Cl2N5O5/c1-3-34-19-18(21(31)27-15-10-26-35-12-15)28-20(29(2)23(19)33)14-5-4-8-30(11-14)22(32)13-6-7-16(24)17(25)9-13/h6-7,9-10,12,14H,3-5,8,11H2,1-2H3,(H,27,31)/t14-/m0/s1. The third-order valence-corrected chi connectivity index (χ3v) is 6.46. The minimum absolute atomic E-state index is 0.140. The van der Waals surface area contributed by atoms with Crippen molar-refractivity contribution in [2.45, 2.75) is 25.7 Å². The number of likely N-dealkylation sites (tertiary alicyclic amines) is 1. The number of halogens is 2. The van der Waals surface area contributed by atoms with E-state index in [0.717, 1.165) is 0 Å². The molecule has 1 aliphatic rings. The lowest BCUT2D eigenvalue weighted by atomic mass is 9.96. The van der Waals surface area contributed by atoms with E-state index < -0.39 is 11.5 Å². The summed E-state index contributed by atoms with van der Waals surface area (Å²) in [6, 6.07) is 4.74. The van der Waals surface area contributed by atoms with E-state index in [1.807, 2.05) is 0 Å². The van der Waals surface area contributed by atoms with Crippen molar-refractivity contribution < 1.29 is 18.8 Å². The maximum absolute atomic E-state index is 13.1. The van der Waals surface area contributed by atoms with Crippen LogP contribution in [0, 0.1) is 0 Å². The Kier molecular flexibility index (Phi) is 7.42. The Hall–Kier alpha value is -3.37. The summed E-state index contributed by atoms with van der Waals surface area (Å²) in [4.78, 5) is 45.5. The zero-order valence-electron chi connectivity index (χ0n) is 19.1. The highest BCUT2D eigenvalue weighted by Gasteiger charge is 2.31. The molecule has 4 rings (SSSR count). The van der Waals surface area contributed by atoms with Gasteiger partial charge in [-0.1, -0.05) is 28.4 Å². The van der Waals surface area contributed by atoms with Gasteiger partial charge in [0, 0.05) is 31.6 Å². The summed E-state index contributed by atoms with van der Waals surface area (Å²) in [7, 11) is 1.58. The number of nitrogens with one attached hydrogen (secondary N) is 1. The molecule has 2 aromatic heterocycles. The van der Waals surface area contributed by atoms with Crippen LogP contribution in [-0.4, -0.2) is 51.1 Å². The number of piperidine rings is 1. The largest absolute Gasteiger partial charge is 0.486 e. The van der Waals surface area contributed by atoms with Gasteiger partial charge in [-0.05, 0) is 38.0 Å². The first-order valence-corrected chi connectivity index (χ1v) is 11.7. The lowest BCUT2D eigenvalue weighted by Gasteiger charge is -2.33. The predicted octanol–water partition coefficient (Wildman–Crippen LogP) is 3.75. The molecule has 0 aliphatic carbocycles. The van der Waals surface area contributed by atoms with Crippen molar-refractivity contribution in [3.05, 3.63) is 68.1 Å². The van der Waals surface area contributed by atoms with Crippen LogP contribution in [0.4, 0.5) is 5.69 Å². The maximum atomic E-state index is 13.1. The van der Waals surface area contributed by atoms with Crippen molar-refractivity contribution in [3.8, 4) is 5.75 Å². The Morgan fingerprint density at radius 2 is 2.09 bits per heavy atom. The summed E-state index contributed by atoms with van der Waals surface area (Å²) in [6.45, 7) is 2.75. The van der Waals surface area contributed by atoms with Gasteiger partial charge in [0.05, 0.1) is 22.8 Å². The summed E-state index contributed by atoms with van der Waals surface area (Å²) in [6.07, 6.45) is 3.97. The van der Waals surface area contributed by atoms with Crippen molar-refractivity contribution in [2.24, 2.45) is 7.05 Å². The second-order valence-electron chi connectivity index (χ2n) is 8.03. The van der Waals surface area contributed by atoms with Crippen LogP contribution in [-0.2, 0) is 7.05 Å². The number of carbonyl (C=O) groups is 2. The lowest BCUT2D eigenvalue weighted by molar-refractivity contribution is 0.0702. The number of benzene rings is 1. The Bertz CT molecular complexity index is 1310. The van der Waals surface area contributed by atoms with Crippen LogP contribution in [0.3, 0.4) is 0 Å². The zero-order valence-corrected chi connectivity index (χ0v) is 20.6. The molecule has 1 atom stereocenters. The average Bonchev–Trinajstić information content (AvgIpc) is 3.36. The highest BCUT2D eigenvalue weighted by Crippen LogP contribution is 2.29. The molecule has 1 fully saturated rings. The monoisotopic (exact) mass is 519 g/mol. The van der Waals surface area contributed by atoms with Crippen molar-refractivity contribution in [2.75, 3.05) is 25.0 Å². The first-order chi connectivity index (χ1) is 16.8. The number of aromatic nitrogens is 3. The molecule has 0 bridgehead atoms. The van der Waals surface area contributed by atoms with Gasteiger partial charge in [-0.3, -0.25) is 19.0 Å². The van der Waals surface area contributed by atoms with Crippen molar-refractivity contribution in [3.63, 3.8) is 0 Å². The molecule has 35 heavy (non-hydrogen) atoms. The third kappa shape index (κ3) is 5.18. The smallest absolute Gasteiger partial charge is 0.296 e. The second-order valence-corrected chi connectivity index (χ2v) is 8.85. The minimum atomic E-state index is -0.629. The third-order valence-electron chi connectivity index (χ3n) is 5.72. The lowest BCUT2D eigenvalue weighted by Crippen LogP contribution is -2.41. The fourth-order valence-corrected chi connectivity index (χ4v) is 4.33. The quantitative estimate of drug-likeness (QED) is 0.526. The van der Waals surface area contributed by atoms with E-state index in [-0.39, 0.29) is 29.9 Å². The maximum Gasteiger partial charge on any atom is 0.296 e. The second kappa shape index (κ2) is 10.5. The van der Waals surface area contributed by atoms with Gasteiger partial charge in [0.25, 0.3) is 17.4 Å². The van der Waals surface area contributed by atoms with E-state index in [2.05, 4.69) is 15.5 Å². The number of amides is 2. The van der Waals surface area contributed by atoms with Gasteiger partial charge in [-0.25, -0.2) is 4.98 Å². The van der Waals surface area contributed by atoms with E-state index in [4.69, 9.17) is 32.5 Å². The first kappa shape index (κ1) is 24.7. The molecule has 2 amide bonds. The molecule has 0 spiro atoms. The molecule has 184 valence electrons. The van der Waals surface area contributed by atoms with E-state index in [1.165, 1.54) is 23.1 Å². The average molecular weight is 520 g/mol. The van der Waals surface area contributed by atoms with Crippen LogP contribution in [0.2, 0.25) is 10.0 Å².